The summed E-state index contributed by atoms with van der Waals surface area (Å²) in [6.45, 7) is 1.84. The first-order valence-electron chi connectivity index (χ1n) is 7.62. The summed E-state index contributed by atoms with van der Waals surface area (Å²) >= 11 is 0.982. The molecule has 9 heteroatoms. The number of benzene rings is 1. The largest absolute Gasteiger partial charge is 0.495 e. The van der Waals surface area contributed by atoms with Gasteiger partial charge in [-0.2, -0.15) is 0 Å². The maximum atomic E-state index is 12.7. The maximum Gasteiger partial charge on any atom is 0.350 e. The van der Waals surface area contributed by atoms with E-state index in [-0.39, 0.29) is 21.7 Å². The van der Waals surface area contributed by atoms with E-state index in [1.807, 2.05) is 6.92 Å². The number of aryl methyl sites for hydroxylation is 1. The Labute approximate surface area is 150 Å². The van der Waals surface area contributed by atoms with Crippen molar-refractivity contribution in [2.75, 3.05) is 18.9 Å². The Hall–Kier alpha value is -2.13. The molecule has 1 N–H and O–H groups in total. The summed E-state index contributed by atoms with van der Waals surface area (Å²) in [5.74, 6) is -0.0602. The number of nitrogens with zero attached hydrogens (tertiary/aromatic N) is 1. The van der Waals surface area contributed by atoms with Crippen LogP contribution in [0, 0.1) is 6.92 Å². The van der Waals surface area contributed by atoms with E-state index in [1.165, 1.54) is 20.3 Å². The van der Waals surface area contributed by atoms with Gasteiger partial charge in [0.25, 0.3) is 10.0 Å². The molecule has 1 heterocycles. The molecular weight excluding hydrogens is 364 g/mol. The number of anilines is 1. The highest BCUT2D eigenvalue weighted by molar-refractivity contribution is 7.93. The molecule has 1 aromatic carbocycles. The summed E-state index contributed by atoms with van der Waals surface area (Å²) in [7, 11) is -1.19. The summed E-state index contributed by atoms with van der Waals surface area (Å²) in [6, 6.07) is 4.81. The summed E-state index contributed by atoms with van der Waals surface area (Å²) in [4.78, 5) is 16.6. The van der Waals surface area contributed by atoms with Crippen LogP contribution in [0.2, 0.25) is 0 Å². The predicted molar refractivity (Wildman–Crippen MR) is 94.0 cm³/mol. The first kappa shape index (κ1) is 17.7. The van der Waals surface area contributed by atoms with Gasteiger partial charge in [0.2, 0.25) is 0 Å². The third kappa shape index (κ3) is 3.62. The minimum Gasteiger partial charge on any atom is -0.495 e. The second-order valence-electron chi connectivity index (χ2n) is 5.76. The maximum absolute atomic E-state index is 12.7. The van der Waals surface area contributed by atoms with Gasteiger partial charge in [0.15, 0.2) is 5.13 Å². The SMILES string of the molecule is COC(=O)c1sc(NS(=O)(=O)c2ccc(C)cc2OC)nc1C1CC1. The molecule has 0 saturated heterocycles. The number of rotatable bonds is 6. The number of nitrogens with one attached hydrogen (secondary N) is 1. The van der Waals surface area contributed by atoms with Gasteiger partial charge in [-0.05, 0) is 37.5 Å². The fourth-order valence-electron chi connectivity index (χ4n) is 2.41. The molecule has 0 aliphatic heterocycles. The monoisotopic (exact) mass is 382 g/mol. The molecule has 1 saturated carbocycles. The highest BCUT2D eigenvalue weighted by Crippen LogP contribution is 2.44. The van der Waals surface area contributed by atoms with Gasteiger partial charge < -0.3 is 9.47 Å². The number of hydrogen-bond donors (Lipinski definition) is 1. The van der Waals surface area contributed by atoms with Crippen molar-refractivity contribution in [2.24, 2.45) is 0 Å². The molecule has 3 rings (SSSR count). The molecule has 134 valence electrons. The Morgan fingerprint density at radius 1 is 1.32 bits per heavy atom. The zero-order valence-electron chi connectivity index (χ0n) is 14.0. The van der Waals surface area contributed by atoms with E-state index in [9.17, 15) is 13.2 Å². The number of ether oxygens (including phenoxy) is 2. The van der Waals surface area contributed by atoms with Gasteiger partial charge in [-0.15, -0.1) is 0 Å². The molecule has 1 aliphatic carbocycles. The van der Waals surface area contributed by atoms with Gasteiger partial charge >= 0.3 is 5.97 Å². The van der Waals surface area contributed by atoms with Gasteiger partial charge in [-0.1, -0.05) is 17.4 Å². The summed E-state index contributed by atoms with van der Waals surface area (Å²) in [6.07, 6.45) is 1.87. The number of carbonyl (C=O) groups excluding carboxylic acids is 1. The van der Waals surface area contributed by atoms with Crippen LogP contribution in [0.15, 0.2) is 23.1 Å². The van der Waals surface area contributed by atoms with E-state index in [0.29, 0.717) is 10.6 Å². The van der Waals surface area contributed by atoms with E-state index >= 15 is 0 Å². The smallest absolute Gasteiger partial charge is 0.350 e. The van der Waals surface area contributed by atoms with E-state index < -0.39 is 16.0 Å². The van der Waals surface area contributed by atoms with E-state index in [4.69, 9.17) is 9.47 Å². The van der Waals surface area contributed by atoms with E-state index in [1.54, 1.807) is 12.1 Å². The third-order valence-electron chi connectivity index (χ3n) is 3.82. The lowest BCUT2D eigenvalue weighted by molar-refractivity contribution is 0.0604. The van der Waals surface area contributed by atoms with Crippen molar-refractivity contribution in [3.63, 3.8) is 0 Å². The van der Waals surface area contributed by atoms with Gasteiger partial charge in [-0.25, -0.2) is 18.2 Å². The third-order valence-corrected chi connectivity index (χ3v) is 6.29. The van der Waals surface area contributed by atoms with Crippen LogP contribution in [0.4, 0.5) is 5.13 Å². The predicted octanol–water partition coefficient (Wildman–Crippen LogP) is 2.92. The molecular formula is C16H18N2O5S2. The molecule has 1 aromatic heterocycles. The highest BCUT2D eigenvalue weighted by Gasteiger charge is 2.33. The van der Waals surface area contributed by atoms with Gasteiger partial charge in [0.05, 0.1) is 19.9 Å². The minimum atomic E-state index is -3.89. The van der Waals surface area contributed by atoms with Gasteiger partial charge in [-0.3, -0.25) is 4.72 Å². The lowest BCUT2D eigenvalue weighted by atomic mass is 10.2. The lowest BCUT2D eigenvalue weighted by Gasteiger charge is -2.10. The first-order chi connectivity index (χ1) is 11.9. The number of esters is 1. The minimum absolute atomic E-state index is 0.0170. The number of carbonyl (C=O) groups is 1. The molecule has 7 nitrogen and oxygen atoms in total. The number of sulfonamides is 1. The van der Waals surface area contributed by atoms with Crippen LogP contribution in [0.5, 0.6) is 5.75 Å². The standard InChI is InChI=1S/C16H18N2O5S2/c1-9-4-7-12(11(8-9)22-2)25(20,21)18-16-17-13(10-5-6-10)14(24-16)15(19)23-3/h4,7-8,10H,5-6H2,1-3H3,(H,17,18). The zero-order chi connectivity index (χ0) is 18.2. The van der Waals surface area contributed by atoms with Crippen molar-refractivity contribution in [1.82, 2.24) is 4.98 Å². The summed E-state index contributed by atoms with van der Waals surface area (Å²) < 4.78 is 37.8. The van der Waals surface area contributed by atoms with Crippen LogP contribution >= 0.6 is 11.3 Å². The fraction of sp³-hybridized carbons (Fsp3) is 0.375. The van der Waals surface area contributed by atoms with Gasteiger partial charge in [0.1, 0.15) is 15.5 Å². The molecule has 2 aromatic rings. The Morgan fingerprint density at radius 3 is 2.64 bits per heavy atom. The van der Waals surface area contributed by atoms with Crippen LogP contribution in [0.25, 0.3) is 0 Å². The van der Waals surface area contributed by atoms with E-state index in [0.717, 1.165) is 29.7 Å². The molecule has 0 atom stereocenters. The number of aromatic nitrogens is 1. The number of thiazole rings is 1. The Balaban J connectivity index is 1.95. The average molecular weight is 382 g/mol. The zero-order valence-corrected chi connectivity index (χ0v) is 15.7. The van der Waals surface area contributed by atoms with Crippen LogP contribution in [-0.2, 0) is 14.8 Å². The Kier molecular flexibility index (Phi) is 4.70. The molecule has 25 heavy (non-hydrogen) atoms. The van der Waals surface area contributed by atoms with Crippen LogP contribution in [-0.4, -0.2) is 33.6 Å². The molecule has 0 radical (unpaired) electrons. The number of methoxy groups -OCH3 is 2. The van der Waals surface area contributed by atoms with Crippen molar-refractivity contribution < 1.29 is 22.7 Å². The topological polar surface area (TPSA) is 94.6 Å². The van der Waals surface area contributed by atoms with Crippen molar-refractivity contribution >= 4 is 32.5 Å². The average Bonchev–Trinajstić information content (AvgIpc) is 3.34. The highest BCUT2D eigenvalue weighted by atomic mass is 32.2. The molecule has 0 unspecified atom stereocenters. The van der Waals surface area contributed by atoms with Gasteiger partial charge in [0, 0.05) is 5.92 Å². The van der Waals surface area contributed by atoms with Crippen LogP contribution in [0.1, 0.15) is 39.7 Å². The normalized spacial score (nSPS) is 14.2. The van der Waals surface area contributed by atoms with E-state index in [2.05, 4.69) is 9.71 Å². The number of hydrogen-bond acceptors (Lipinski definition) is 7. The molecule has 1 aliphatic rings. The fourth-order valence-corrected chi connectivity index (χ4v) is 4.77. The first-order valence-corrected chi connectivity index (χ1v) is 9.92. The molecule has 1 fully saturated rings. The summed E-state index contributed by atoms with van der Waals surface area (Å²) in [5.41, 5.74) is 1.49. The molecule has 0 spiro atoms. The quantitative estimate of drug-likeness (QED) is 0.772. The molecule has 0 amide bonds. The Morgan fingerprint density at radius 2 is 2.04 bits per heavy atom. The second kappa shape index (κ2) is 6.64. The second-order valence-corrected chi connectivity index (χ2v) is 8.41. The van der Waals surface area contributed by atoms with Crippen molar-refractivity contribution in [3.05, 3.63) is 34.3 Å². The Bertz CT molecular complexity index is 917. The van der Waals surface area contributed by atoms with Crippen molar-refractivity contribution in [3.8, 4) is 5.75 Å². The lowest BCUT2D eigenvalue weighted by Crippen LogP contribution is -2.14. The summed E-state index contributed by atoms with van der Waals surface area (Å²) in [5, 5.41) is 0.143. The molecule has 0 bridgehead atoms. The van der Waals surface area contributed by atoms with Crippen molar-refractivity contribution in [1.29, 1.82) is 0 Å². The van der Waals surface area contributed by atoms with Crippen molar-refractivity contribution in [2.45, 2.75) is 30.6 Å². The van der Waals surface area contributed by atoms with Crippen LogP contribution < -0.4 is 9.46 Å². The van der Waals surface area contributed by atoms with Crippen LogP contribution in [0.3, 0.4) is 0 Å².